The van der Waals surface area contributed by atoms with Crippen LogP contribution in [0.1, 0.15) is 16.8 Å². The molecule has 0 atom stereocenters. The van der Waals surface area contributed by atoms with Crippen LogP contribution < -0.4 is 15.4 Å². The van der Waals surface area contributed by atoms with Crippen LogP contribution in [0.25, 0.3) is 0 Å². The van der Waals surface area contributed by atoms with Crippen LogP contribution in [0.15, 0.2) is 41.8 Å². The van der Waals surface area contributed by atoms with Crippen molar-refractivity contribution in [2.24, 2.45) is 0 Å². The summed E-state index contributed by atoms with van der Waals surface area (Å²) < 4.78 is 26.3. The molecule has 138 valence electrons. The van der Waals surface area contributed by atoms with Crippen molar-refractivity contribution in [3.05, 3.63) is 42.5 Å². The molecule has 0 unspecified atom stereocenters. The average molecular weight is 366 g/mol. The Labute approximate surface area is 149 Å². The number of nitrogens with zero attached hydrogens (tertiary/aromatic N) is 1. The summed E-state index contributed by atoms with van der Waals surface area (Å²) in [4.78, 5) is 14.6. The zero-order valence-electron chi connectivity index (χ0n) is 14.3. The van der Waals surface area contributed by atoms with Gasteiger partial charge in [-0.3, -0.25) is 4.79 Å². The fourth-order valence-electron chi connectivity index (χ4n) is 2.58. The van der Waals surface area contributed by atoms with Crippen molar-refractivity contribution in [1.29, 1.82) is 0 Å². The molecule has 3 N–H and O–H groups in total. The maximum atomic E-state index is 12.1. The lowest BCUT2D eigenvalue weighted by atomic mass is 10.2. The summed E-state index contributed by atoms with van der Waals surface area (Å²) in [6, 6.07) is 5.91. The normalized spacial score (nSPS) is 15.7. The van der Waals surface area contributed by atoms with Crippen molar-refractivity contribution < 1.29 is 13.2 Å². The van der Waals surface area contributed by atoms with Crippen LogP contribution in [0.4, 0.5) is 0 Å². The van der Waals surface area contributed by atoms with Gasteiger partial charge in [0.05, 0.1) is 4.90 Å². The van der Waals surface area contributed by atoms with E-state index in [9.17, 15) is 13.2 Å². The molecular formula is C17H26N4O3S. The largest absolute Gasteiger partial charge is 0.352 e. The van der Waals surface area contributed by atoms with Gasteiger partial charge in [-0.1, -0.05) is 6.08 Å². The van der Waals surface area contributed by atoms with Gasteiger partial charge < -0.3 is 15.5 Å². The zero-order valence-corrected chi connectivity index (χ0v) is 15.1. The van der Waals surface area contributed by atoms with E-state index in [-0.39, 0.29) is 17.3 Å². The molecule has 1 aliphatic rings. The number of carbonyl (C=O) groups excluding carboxylic acids is 1. The van der Waals surface area contributed by atoms with E-state index >= 15 is 0 Å². The Balaban J connectivity index is 1.78. The molecule has 0 bridgehead atoms. The van der Waals surface area contributed by atoms with Crippen LogP contribution >= 0.6 is 0 Å². The molecule has 0 spiro atoms. The smallest absolute Gasteiger partial charge is 0.251 e. The highest BCUT2D eigenvalue weighted by molar-refractivity contribution is 7.89. The summed E-state index contributed by atoms with van der Waals surface area (Å²) in [7, 11) is -3.56. The molecule has 0 aromatic heterocycles. The van der Waals surface area contributed by atoms with E-state index in [4.69, 9.17) is 0 Å². The first-order chi connectivity index (χ1) is 12.0. The van der Waals surface area contributed by atoms with Gasteiger partial charge in [-0.05, 0) is 37.2 Å². The molecule has 1 amide bonds. The first-order valence-electron chi connectivity index (χ1n) is 8.45. The third-order valence-corrected chi connectivity index (χ3v) is 5.43. The van der Waals surface area contributed by atoms with E-state index < -0.39 is 10.0 Å². The average Bonchev–Trinajstić information content (AvgIpc) is 2.64. The van der Waals surface area contributed by atoms with Crippen molar-refractivity contribution in [3.63, 3.8) is 0 Å². The first kappa shape index (κ1) is 19.6. The van der Waals surface area contributed by atoms with Crippen LogP contribution in [0.2, 0.25) is 0 Å². The summed E-state index contributed by atoms with van der Waals surface area (Å²) in [6.45, 7) is 9.33. The number of benzene rings is 1. The lowest BCUT2D eigenvalue weighted by Crippen LogP contribution is -2.44. The minimum atomic E-state index is -3.56. The number of nitrogens with one attached hydrogen (secondary N) is 3. The molecule has 0 aliphatic carbocycles. The fraction of sp³-hybridized carbons (Fsp3) is 0.471. The molecule has 25 heavy (non-hydrogen) atoms. The molecule has 0 saturated carbocycles. The molecule has 1 aromatic rings. The number of carbonyl (C=O) groups is 1. The molecule has 8 heteroatoms. The van der Waals surface area contributed by atoms with Gasteiger partial charge in [0.15, 0.2) is 0 Å². The quantitative estimate of drug-likeness (QED) is 0.428. The molecule has 1 saturated heterocycles. The van der Waals surface area contributed by atoms with Crippen LogP contribution in [0.3, 0.4) is 0 Å². The number of sulfonamides is 1. The highest BCUT2D eigenvalue weighted by Crippen LogP contribution is 2.10. The topological polar surface area (TPSA) is 90.5 Å². The number of rotatable bonds is 9. The van der Waals surface area contributed by atoms with Gasteiger partial charge in [0, 0.05) is 44.8 Å². The monoisotopic (exact) mass is 366 g/mol. The number of hydrogen-bond acceptors (Lipinski definition) is 5. The van der Waals surface area contributed by atoms with Gasteiger partial charge in [0.2, 0.25) is 10.0 Å². The highest BCUT2D eigenvalue weighted by Gasteiger charge is 2.14. The van der Waals surface area contributed by atoms with Crippen LogP contribution in [0.5, 0.6) is 0 Å². The van der Waals surface area contributed by atoms with Gasteiger partial charge in [0.1, 0.15) is 0 Å². The second kappa shape index (κ2) is 9.67. The van der Waals surface area contributed by atoms with Crippen LogP contribution in [0, 0.1) is 0 Å². The Bertz CT molecular complexity index is 668. The van der Waals surface area contributed by atoms with Gasteiger partial charge in [-0.2, -0.15) is 0 Å². The van der Waals surface area contributed by atoms with E-state index in [1.165, 1.54) is 30.3 Å². The minimum absolute atomic E-state index is 0.129. The summed E-state index contributed by atoms with van der Waals surface area (Å²) in [5.41, 5.74) is 0.449. The predicted molar refractivity (Wildman–Crippen MR) is 98.1 cm³/mol. The van der Waals surface area contributed by atoms with E-state index in [1.54, 1.807) is 0 Å². The Kier molecular flexibility index (Phi) is 7.57. The SMILES string of the molecule is C=CCNS(=O)(=O)c1ccc(C(=O)NCCCN2CCNCC2)cc1. The lowest BCUT2D eigenvalue weighted by Gasteiger charge is -2.27. The molecular weight excluding hydrogens is 340 g/mol. The van der Waals surface area contributed by atoms with Crippen LogP contribution in [-0.2, 0) is 10.0 Å². The van der Waals surface area contributed by atoms with E-state index in [0.29, 0.717) is 12.1 Å². The Morgan fingerprint density at radius 3 is 2.56 bits per heavy atom. The summed E-state index contributed by atoms with van der Waals surface area (Å²) >= 11 is 0. The second-order valence-electron chi connectivity index (χ2n) is 5.87. The summed E-state index contributed by atoms with van der Waals surface area (Å²) in [5.74, 6) is -0.191. The molecule has 1 fully saturated rings. The van der Waals surface area contributed by atoms with Gasteiger partial charge in [-0.25, -0.2) is 13.1 Å². The third kappa shape index (κ3) is 6.24. The fourth-order valence-corrected chi connectivity index (χ4v) is 3.58. The standard InChI is InChI=1S/C17H26N4O3S/c1-2-8-20-25(23,24)16-6-4-15(5-7-16)17(22)19-9-3-12-21-13-10-18-11-14-21/h2,4-7,18,20H,1,3,8-14H2,(H,19,22). The van der Waals surface area contributed by atoms with Crippen molar-refractivity contribution in [1.82, 2.24) is 20.3 Å². The first-order valence-corrected chi connectivity index (χ1v) is 9.93. The number of hydrogen-bond donors (Lipinski definition) is 3. The van der Waals surface area contributed by atoms with Crippen LogP contribution in [-0.4, -0.2) is 65.0 Å². The highest BCUT2D eigenvalue weighted by atomic mass is 32.2. The zero-order chi connectivity index (χ0) is 18.1. The van der Waals surface area contributed by atoms with E-state index in [1.807, 2.05) is 0 Å². The number of amides is 1. The van der Waals surface area contributed by atoms with Gasteiger partial charge >= 0.3 is 0 Å². The molecule has 2 rings (SSSR count). The molecule has 1 aromatic carbocycles. The van der Waals surface area contributed by atoms with Crippen molar-refractivity contribution in [2.45, 2.75) is 11.3 Å². The van der Waals surface area contributed by atoms with E-state index in [0.717, 1.165) is 39.1 Å². The minimum Gasteiger partial charge on any atom is -0.352 e. The molecule has 1 heterocycles. The maximum absolute atomic E-state index is 12.1. The predicted octanol–water partition coefficient (Wildman–Crippen LogP) is 0.176. The summed E-state index contributed by atoms with van der Waals surface area (Å²) in [5, 5.41) is 6.18. The Morgan fingerprint density at radius 1 is 1.24 bits per heavy atom. The van der Waals surface area contributed by atoms with Gasteiger partial charge in [-0.15, -0.1) is 6.58 Å². The maximum Gasteiger partial charge on any atom is 0.251 e. The van der Waals surface area contributed by atoms with Crippen molar-refractivity contribution >= 4 is 15.9 Å². The molecule has 7 nitrogen and oxygen atoms in total. The Hall–Kier alpha value is -1.74. The lowest BCUT2D eigenvalue weighted by molar-refractivity contribution is 0.0951. The molecule has 1 aliphatic heterocycles. The second-order valence-corrected chi connectivity index (χ2v) is 7.63. The molecule has 0 radical (unpaired) electrons. The van der Waals surface area contributed by atoms with Gasteiger partial charge in [0.25, 0.3) is 5.91 Å². The van der Waals surface area contributed by atoms with Crippen molar-refractivity contribution in [3.8, 4) is 0 Å². The van der Waals surface area contributed by atoms with Crippen molar-refractivity contribution in [2.75, 3.05) is 45.8 Å². The summed E-state index contributed by atoms with van der Waals surface area (Å²) in [6.07, 6.45) is 2.36. The van der Waals surface area contributed by atoms with E-state index in [2.05, 4.69) is 26.8 Å². The third-order valence-electron chi connectivity index (χ3n) is 3.99. The number of piperazine rings is 1. The Morgan fingerprint density at radius 2 is 1.92 bits per heavy atom.